The lowest BCUT2D eigenvalue weighted by Gasteiger charge is -2.07. The van der Waals surface area contributed by atoms with Crippen LogP contribution in [-0.4, -0.2) is 32.9 Å². The maximum Gasteiger partial charge on any atom is 0.276 e. The number of aryl methyl sites for hydroxylation is 3. The largest absolute Gasteiger partial charge is 1.00 e. The molecule has 33 heavy (non-hydrogen) atoms. The average molecular weight is 587 g/mol. The minimum atomic E-state index is -0.493. The second kappa shape index (κ2) is 11.5. The number of nitrogen functional groups attached to an aromatic ring is 2. The Morgan fingerprint density at radius 3 is 2.55 bits per heavy atom. The molecule has 0 fully saturated rings. The third-order valence-corrected chi connectivity index (χ3v) is 5.53. The van der Waals surface area contributed by atoms with Crippen molar-refractivity contribution < 1.29 is 38.1 Å². The number of nitrogens with two attached hydrogens (primary N) is 2. The van der Waals surface area contributed by atoms with Crippen molar-refractivity contribution in [1.29, 1.82) is 0 Å². The number of nitrogens with zero attached hydrogens (tertiary/aromatic N) is 4. The third-order valence-electron chi connectivity index (χ3n) is 5.25. The van der Waals surface area contributed by atoms with Crippen molar-refractivity contribution in [2.45, 2.75) is 39.8 Å². The van der Waals surface area contributed by atoms with Crippen LogP contribution >= 0.6 is 11.6 Å². The first-order chi connectivity index (χ1) is 15.3. The minimum absolute atomic E-state index is 0. The van der Waals surface area contributed by atoms with E-state index in [-0.39, 0.29) is 58.9 Å². The fourth-order valence-electron chi connectivity index (χ4n) is 3.65. The highest BCUT2D eigenvalue weighted by atomic mass is 127. The van der Waals surface area contributed by atoms with Crippen LogP contribution < -0.4 is 50.6 Å². The summed E-state index contributed by atoms with van der Waals surface area (Å²) in [5.74, 6) is 0.331. The van der Waals surface area contributed by atoms with E-state index in [1.165, 1.54) is 0 Å². The smallest absolute Gasteiger partial charge is 0.276 e. The number of anilines is 2. The van der Waals surface area contributed by atoms with Crippen LogP contribution in [0.5, 0.6) is 0 Å². The molecule has 0 radical (unpaired) electrons. The first-order valence-corrected chi connectivity index (χ1v) is 10.8. The maximum absolute atomic E-state index is 12.6. The van der Waals surface area contributed by atoms with Crippen molar-refractivity contribution in [2.24, 2.45) is 7.05 Å². The van der Waals surface area contributed by atoms with Crippen LogP contribution in [0.3, 0.4) is 0 Å². The molecule has 0 aliphatic heterocycles. The lowest BCUT2D eigenvalue weighted by Crippen LogP contribution is -3.00. The van der Waals surface area contributed by atoms with Gasteiger partial charge in [0.15, 0.2) is 33.5 Å². The molecule has 0 aliphatic carbocycles. The molecular weight excluding hydrogens is 559 g/mol. The summed E-state index contributed by atoms with van der Waals surface area (Å²) in [6.45, 7) is 5.52. The molecule has 2 heterocycles. The van der Waals surface area contributed by atoms with Crippen molar-refractivity contribution in [3.05, 3.63) is 40.4 Å². The molecule has 178 valence electrons. The summed E-state index contributed by atoms with van der Waals surface area (Å²) in [4.78, 5) is 32.2. The molecule has 0 bridgehead atoms. The van der Waals surface area contributed by atoms with E-state index in [0.29, 0.717) is 25.9 Å². The quantitative estimate of drug-likeness (QED) is 0.179. The van der Waals surface area contributed by atoms with E-state index in [0.717, 1.165) is 22.4 Å². The molecule has 0 saturated carbocycles. The van der Waals surface area contributed by atoms with Gasteiger partial charge in [0.25, 0.3) is 11.7 Å². The molecule has 1 aromatic carbocycles. The topological polar surface area (TPSA) is 145 Å². The van der Waals surface area contributed by atoms with Crippen LogP contribution in [0.25, 0.3) is 11.0 Å². The van der Waals surface area contributed by atoms with Crippen LogP contribution in [0.15, 0.2) is 18.2 Å². The van der Waals surface area contributed by atoms with Crippen molar-refractivity contribution >= 4 is 46.1 Å². The fraction of sp³-hybridized carbons (Fsp3) is 0.381. The van der Waals surface area contributed by atoms with Gasteiger partial charge in [-0.3, -0.25) is 9.59 Å². The summed E-state index contributed by atoms with van der Waals surface area (Å²) < 4.78 is 4.15. The SMILES string of the molecule is CCNC(=O)CCc1ccc2c(c1)n(CC)c(CNC(=O)c1nc(Cl)c(N)nc1N)[n+]2C.[I-]. The molecule has 0 aliphatic rings. The number of imidazole rings is 1. The number of amides is 2. The molecule has 12 heteroatoms. The highest BCUT2D eigenvalue weighted by Crippen LogP contribution is 2.19. The number of rotatable bonds is 8. The van der Waals surface area contributed by atoms with Gasteiger partial charge in [-0.25, -0.2) is 19.1 Å². The molecule has 10 nitrogen and oxygen atoms in total. The summed E-state index contributed by atoms with van der Waals surface area (Å²) in [7, 11) is 1.94. The molecule has 0 spiro atoms. The van der Waals surface area contributed by atoms with Gasteiger partial charge in [-0.15, -0.1) is 0 Å². The summed E-state index contributed by atoms with van der Waals surface area (Å²) in [5.41, 5.74) is 14.4. The van der Waals surface area contributed by atoms with E-state index in [1.807, 2.05) is 37.6 Å². The average Bonchev–Trinajstić information content (AvgIpc) is 3.03. The Balaban J connectivity index is 0.00000385. The van der Waals surface area contributed by atoms with E-state index < -0.39 is 5.91 Å². The molecule has 3 aromatic rings. The molecule has 3 rings (SSSR count). The Bertz CT molecular complexity index is 1180. The standard InChI is InChI=1S/C21H27ClN8O2.HI/c1-4-25-15(31)9-7-12-6-8-13-14(10-12)30(5-2)16(29(13)3)11-26-21(32)17-19(23)28-20(24)18(22)27-17;/h6,8,10H,4-5,7,9,11H2,1-3H3,(H5-,23,24,25,26,28,31,32);1H. The Morgan fingerprint density at radius 2 is 1.88 bits per heavy atom. The normalized spacial score (nSPS) is 10.7. The number of carbonyl (C=O) groups is 2. The zero-order valence-corrected chi connectivity index (χ0v) is 21.7. The number of carbonyl (C=O) groups excluding carboxylic acids is 2. The predicted octanol–water partition coefficient (Wildman–Crippen LogP) is -1.90. The van der Waals surface area contributed by atoms with Gasteiger partial charge in [0, 0.05) is 13.0 Å². The van der Waals surface area contributed by atoms with Gasteiger partial charge in [-0.05, 0) is 38.0 Å². The van der Waals surface area contributed by atoms with E-state index in [4.69, 9.17) is 23.1 Å². The molecule has 0 unspecified atom stereocenters. The maximum atomic E-state index is 12.6. The van der Waals surface area contributed by atoms with E-state index in [9.17, 15) is 9.59 Å². The highest BCUT2D eigenvalue weighted by Gasteiger charge is 2.24. The zero-order chi connectivity index (χ0) is 23.4. The number of fused-ring (bicyclic) bond motifs is 1. The van der Waals surface area contributed by atoms with Gasteiger partial charge in [0.2, 0.25) is 5.91 Å². The lowest BCUT2D eigenvalue weighted by molar-refractivity contribution is -0.654. The Labute approximate surface area is 214 Å². The number of hydrogen-bond acceptors (Lipinski definition) is 6. The Hall–Kier alpha value is -2.67. The van der Waals surface area contributed by atoms with Gasteiger partial charge >= 0.3 is 0 Å². The Morgan fingerprint density at radius 1 is 1.15 bits per heavy atom. The van der Waals surface area contributed by atoms with Crippen LogP contribution in [0.1, 0.15) is 42.1 Å². The van der Waals surface area contributed by atoms with Crippen molar-refractivity contribution in [3.63, 3.8) is 0 Å². The predicted molar refractivity (Wildman–Crippen MR) is 123 cm³/mol. The zero-order valence-electron chi connectivity index (χ0n) is 18.8. The second-order valence-corrected chi connectivity index (χ2v) is 7.67. The summed E-state index contributed by atoms with van der Waals surface area (Å²) in [5, 5.41) is 5.58. The summed E-state index contributed by atoms with van der Waals surface area (Å²) in [6, 6.07) is 6.15. The molecule has 0 atom stereocenters. The molecule has 2 aromatic heterocycles. The van der Waals surface area contributed by atoms with Gasteiger partial charge in [-0.2, -0.15) is 0 Å². The van der Waals surface area contributed by atoms with Crippen molar-refractivity contribution in [2.75, 3.05) is 18.0 Å². The number of halogens is 2. The first-order valence-electron chi connectivity index (χ1n) is 10.4. The van der Waals surface area contributed by atoms with Crippen LogP contribution in [-0.2, 0) is 31.4 Å². The number of benzene rings is 1. The van der Waals surface area contributed by atoms with Crippen LogP contribution in [0.4, 0.5) is 11.6 Å². The van der Waals surface area contributed by atoms with Gasteiger partial charge in [0.05, 0.1) is 13.6 Å². The lowest BCUT2D eigenvalue weighted by atomic mass is 10.1. The van der Waals surface area contributed by atoms with E-state index >= 15 is 0 Å². The van der Waals surface area contributed by atoms with Gasteiger partial charge in [0.1, 0.15) is 6.54 Å². The molecule has 6 N–H and O–H groups in total. The summed E-state index contributed by atoms with van der Waals surface area (Å²) in [6.07, 6.45) is 1.09. The minimum Gasteiger partial charge on any atom is -1.00 e. The first kappa shape index (κ1) is 26.6. The highest BCUT2D eigenvalue weighted by molar-refractivity contribution is 6.31. The van der Waals surface area contributed by atoms with E-state index in [1.54, 1.807) is 0 Å². The number of aromatic nitrogens is 4. The van der Waals surface area contributed by atoms with E-state index in [2.05, 4.69) is 31.2 Å². The van der Waals surface area contributed by atoms with Crippen molar-refractivity contribution in [3.8, 4) is 0 Å². The van der Waals surface area contributed by atoms with Gasteiger partial charge < -0.3 is 46.1 Å². The fourth-order valence-corrected chi connectivity index (χ4v) is 3.77. The second-order valence-electron chi connectivity index (χ2n) is 7.31. The summed E-state index contributed by atoms with van der Waals surface area (Å²) >= 11 is 5.88. The number of nitrogens with one attached hydrogen (secondary N) is 2. The molecular formula is C21H28ClIN8O2. The molecule has 0 saturated heterocycles. The van der Waals surface area contributed by atoms with Crippen LogP contribution in [0.2, 0.25) is 5.15 Å². The molecule has 2 amide bonds. The van der Waals surface area contributed by atoms with Crippen LogP contribution in [0, 0.1) is 0 Å². The Kier molecular flexibility index (Phi) is 9.23. The monoisotopic (exact) mass is 586 g/mol. The third kappa shape index (κ3) is 5.82. The van der Waals surface area contributed by atoms with Crippen molar-refractivity contribution in [1.82, 2.24) is 25.2 Å². The number of hydrogen-bond donors (Lipinski definition) is 4. The van der Waals surface area contributed by atoms with Gasteiger partial charge in [-0.1, -0.05) is 17.7 Å².